The number of aromatic nitrogens is 3. The van der Waals surface area contributed by atoms with E-state index in [1.807, 2.05) is 24.3 Å². The van der Waals surface area contributed by atoms with Crippen LogP contribution in [0.15, 0.2) is 33.9 Å². The van der Waals surface area contributed by atoms with Crippen molar-refractivity contribution in [3.63, 3.8) is 0 Å². The van der Waals surface area contributed by atoms with E-state index in [0.29, 0.717) is 24.8 Å². The van der Waals surface area contributed by atoms with Crippen LogP contribution in [0.3, 0.4) is 0 Å². The summed E-state index contributed by atoms with van der Waals surface area (Å²) in [4.78, 5) is 27.5. The summed E-state index contributed by atoms with van der Waals surface area (Å²) in [5.41, 5.74) is -0.215. The van der Waals surface area contributed by atoms with Crippen molar-refractivity contribution in [3.8, 4) is 0 Å². The first-order chi connectivity index (χ1) is 13.5. The third kappa shape index (κ3) is 3.43. The molecule has 0 bridgehead atoms. The molecule has 28 heavy (non-hydrogen) atoms. The minimum Gasteiger partial charge on any atom is -0.364 e. The summed E-state index contributed by atoms with van der Waals surface area (Å²) in [6, 6.07) is 7.85. The standard InChI is InChI=1S/C20H23ClN4O3/c21-16-5-3-14(4-6-16)9-23-8-7-20(12-23)13-24-17(11-28-20)22-25(10-15-1-2-15)19(27)18(24)26/h3-6,15H,1-2,7-13H2/t20-/m0/s1. The molecule has 7 nitrogen and oxygen atoms in total. The van der Waals surface area contributed by atoms with Crippen molar-refractivity contribution in [1.29, 1.82) is 0 Å². The van der Waals surface area contributed by atoms with Crippen LogP contribution in [0.25, 0.3) is 0 Å². The molecule has 1 aromatic carbocycles. The average molecular weight is 403 g/mol. The molecular weight excluding hydrogens is 380 g/mol. The maximum absolute atomic E-state index is 12.7. The lowest BCUT2D eigenvalue weighted by Gasteiger charge is -2.35. The predicted octanol–water partition coefficient (Wildman–Crippen LogP) is 1.64. The number of rotatable bonds is 4. The lowest BCUT2D eigenvalue weighted by atomic mass is 10.0. The maximum Gasteiger partial charge on any atom is 0.332 e. The van der Waals surface area contributed by atoms with Crippen LogP contribution in [0.4, 0.5) is 0 Å². The summed E-state index contributed by atoms with van der Waals surface area (Å²) >= 11 is 5.96. The Labute approximate surface area is 167 Å². The number of benzene rings is 1. The fourth-order valence-corrected chi connectivity index (χ4v) is 4.36. The quantitative estimate of drug-likeness (QED) is 0.727. The largest absolute Gasteiger partial charge is 0.364 e. The van der Waals surface area contributed by atoms with Crippen LogP contribution < -0.4 is 11.1 Å². The Morgan fingerprint density at radius 1 is 1.14 bits per heavy atom. The van der Waals surface area contributed by atoms with Gasteiger partial charge in [-0.1, -0.05) is 23.7 Å². The Balaban J connectivity index is 1.34. The first-order valence-corrected chi connectivity index (χ1v) is 10.2. The first-order valence-electron chi connectivity index (χ1n) is 9.83. The molecular formula is C20H23ClN4O3. The highest BCUT2D eigenvalue weighted by atomic mass is 35.5. The van der Waals surface area contributed by atoms with E-state index in [-0.39, 0.29) is 6.61 Å². The Morgan fingerprint density at radius 2 is 1.93 bits per heavy atom. The lowest BCUT2D eigenvalue weighted by molar-refractivity contribution is -0.0859. The number of ether oxygens (including phenoxy) is 1. The summed E-state index contributed by atoms with van der Waals surface area (Å²) in [5.74, 6) is 1.05. The van der Waals surface area contributed by atoms with Crippen LogP contribution in [0, 0.1) is 5.92 Å². The molecule has 1 saturated carbocycles. The third-order valence-electron chi connectivity index (χ3n) is 6.01. The first kappa shape index (κ1) is 18.1. The summed E-state index contributed by atoms with van der Waals surface area (Å²) < 4.78 is 9.09. The summed E-state index contributed by atoms with van der Waals surface area (Å²) in [6.07, 6.45) is 3.04. The highest BCUT2D eigenvalue weighted by Crippen LogP contribution is 2.32. The van der Waals surface area contributed by atoms with Crippen LogP contribution in [0.2, 0.25) is 5.02 Å². The van der Waals surface area contributed by atoms with Crippen molar-refractivity contribution in [2.45, 2.75) is 51.1 Å². The Bertz CT molecular complexity index is 1010. The van der Waals surface area contributed by atoms with Crippen molar-refractivity contribution in [2.24, 2.45) is 5.92 Å². The van der Waals surface area contributed by atoms with Gasteiger partial charge in [0.2, 0.25) is 0 Å². The monoisotopic (exact) mass is 402 g/mol. The molecule has 148 valence electrons. The maximum atomic E-state index is 12.7. The second-order valence-electron chi connectivity index (χ2n) is 8.30. The zero-order chi connectivity index (χ0) is 19.3. The van der Waals surface area contributed by atoms with E-state index in [0.717, 1.165) is 43.9 Å². The molecule has 1 aliphatic carbocycles. The topological polar surface area (TPSA) is 69.4 Å². The number of fused-ring (bicyclic) bond motifs is 1. The fourth-order valence-electron chi connectivity index (χ4n) is 4.23. The molecule has 2 aromatic rings. The SMILES string of the molecule is O=c1c(=O)n2c(nn1CC1CC1)CO[C@]1(CCN(Cc3ccc(Cl)cc3)C1)C2. The van der Waals surface area contributed by atoms with Crippen molar-refractivity contribution < 1.29 is 4.74 Å². The van der Waals surface area contributed by atoms with Gasteiger partial charge in [0, 0.05) is 31.2 Å². The van der Waals surface area contributed by atoms with Gasteiger partial charge in [0.15, 0.2) is 5.82 Å². The minimum absolute atomic E-state index is 0.273. The average Bonchev–Trinajstić information content (AvgIpc) is 3.43. The smallest absolute Gasteiger partial charge is 0.332 e. The molecule has 3 aliphatic rings. The summed E-state index contributed by atoms with van der Waals surface area (Å²) in [5, 5.41) is 5.15. The molecule has 1 atom stereocenters. The molecule has 1 aromatic heterocycles. The van der Waals surface area contributed by atoms with Crippen molar-refractivity contribution in [1.82, 2.24) is 19.2 Å². The second-order valence-corrected chi connectivity index (χ2v) is 8.73. The van der Waals surface area contributed by atoms with Gasteiger partial charge in [0.05, 0.1) is 6.54 Å². The van der Waals surface area contributed by atoms with Gasteiger partial charge in [-0.05, 0) is 42.9 Å². The molecule has 2 fully saturated rings. The lowest BCUT2D eigenvalue weighted by Crippen LogP contribution is -2.53. The van der Waals surface area contributed by atoms with Gasteiger partial charge in [0.25, 0.3) is 0 Å². The molecule has 3 heterocycles. The van der Waals surface area contributed by atoms with Crippen LogP contribution in [0.5, 0.6) is 0 Å². The van der Waals surface area contributed by atoms with E-state index in [1.54, 1.807) is 4.57 Å². The number of hydrogen-bond acceptors (Lipinski definition) is 5. The van der Waals surface area contributed by atoms with E-state index < -0.39 is 16.7 Å². The number of halogens is 1. The van der Waals surface area contributed by atoms with Gasteiger partial charge < -0.3 is 4.74 Å². The van der Waals surface area contributed by atoms with Crippen LogP contribution >= 0.6 is 11.6 Å². The number of hydrogen-bond donors (Lipinski definition) is 0. The molecule has 1 spiro atoms. The molecule has 0 amide bonds. The molecule has 1 saturated heterocycles. The number of nitrogens with zero attached hydrogens (tertiary/aromatic N) is 4. The van der Waals surface area contributed by atoms with Gasteiger partial charge in [0.1, 0.15) is 12.2 Å². The highest BCUT2D eigenvalue weighted by Gasteiger charge is 2.43. The summed E-state index contributed by atoms with van der Waals surface area (Å²) in [6.45, 7) is 3.64. The Hall–Kier alpha value is -1.96. The van der Waals surface area contributed by atoms with Gasteiger partial charge in [-0.25, -0.2) is 4.68 Å². The van der Waals surface area contributed by atoms with Crippen LogP contribution in [-0.4, -0.2) is 37.9 Å². The van der Waals surface area contributed by atoms with Crippen molar-refractivity contribution in [3.05, 3.63) is 61.4 Å². The second kappa shape index (κ2) is 6.83. The Kier molecular flexibility index (Phi) is 4.41. The molecule has 2 aliphatic heterocycles. The van der Waals surface area contributed by atoms with Gasteiger partial charge in [-0.15, -0.1) is 0 Å². The van der Waals surface area contributed by atoms with E-state index in [4.69, 9.17) is 16.3 Å². The van der Waals surface area contributed by atoms with Gasteiger partial charge in [-0.3, -0.25) is 19.1 Å². The molecule has 0 radical (unpaired) electrons. The van der Waals surface area contributed by atoms with Crippen LogP contribution in [-0.2, 0) is 31.0 Å². The van der Waals surface area contributed by atoms with Crippen LogP contribution in [0.1, 0.15) is 30.7 Å². The molecule has 0 N–H and O–H groups in total. The normalized spacial score (nSPS) is 24.6. The molecule has 8 heteroatoms. The van der Waals surface area contributed by atoms with Crippen molar-refractivity contribution >= 4 is 11.6 Å². The minimum atomic E-state index is -0.510. The molecule has 0 unspecified atom stereocenters. The Morgan fingerprint density at radius 3 is 2.68 bits per heavy atom. The predicted molar refractivity (Wildman–Crippen MR) is 104 cm³/mol. The van der Waals surface area contributed by atoms with E-state index >= 15 is 0 Å². The van der Waals surface area contributed by atoms with E-state index in [2.05, 4.69) is 10.00 Å². The van der Waals surface area contributed by atoms with Gasteiger partial charge >= 0.3 is 11.1 Å². The zero-order valence-electron chi connectivity index (χ0n) is 15.6. The highest BCUT2D eigenvalue weighted by molar-refractivity contribution is 6.30. The van der Waals surface area contributed by atoms with E-state index in [1.165, 1.54) is 10.2 Å². The van der Waals surface area contributed by atoms with E-state index in [9.17, 15) is 9.59 Å². The zero-order valence-corrected chi connectivity index (χ0v) is 16.4. The molecule has 5 rings (SSSR count). The van der Waals surface area contributed by atoms with Gasteiger partial charge in [-0.2, -0.15) is 5.10 Å². The van der Waals surface area contributed by atoms with Crippen molar-refractivity contribution in [2.75, 3.05) is 13.1 Å². The number of likely N-dealkylation sites (tertiary alicyclic amines) is 1. The third-order valence-corrected chi connectivity index (χ3v) is 6.26. The summed E-state index contributed by atoms with van der Waals surface area (Å²) in [7, 11) is 0. The fraction of sp³-hybridized carbons (Fsp3) is 0.550.